The first-order chi connectivity index (χ1) is 16.9. The first kappa shape index (κ1) is 21.9. The number of carbonyl (C=O) groups is 2. The van der Waals surface area contributed by atoms with Crippen LogP contribution < -0.4 is 11.1 Å². The normalized spacial score (nSPS) is 19.3. The Kier molecular flexibility index (Phi) is 5.15. The number of carbonyl (C=O) groups excluding carboxylic acids is 2. The van der Waals surface area contributed by atoms with Gasteiger partial charge >= 0.3 is 6.03 Å². The number of primary amides is 1. The molecule has 1 fully saturated rings. The van der Waals surface area contributed by atoms with Gasteiger partial charge < -0.3 is 11.1 Å². The van der Waals surface area contributed by atoms with Crippen LogP contribution in [0.5, 0.6) is 0 Å². The van der Waals surface area contributed by atoms with E-state index in [2.05, 4.69) is 52.7 Å². The number of piperidine rings is 1. The molecule has 1 aliphatic heterocycles. The molecule has 0 radical (unpaired) electrons. The van der Waals surface area contributed by atoms with E-state index in [0.29, 0.717) is 0 Å². The molecular formula is C29H30N4O2. The zero-order chi connectivity index (χ0) is 24.2. The highest BCUT2D eigenvalue weighted by Crippen LogP contribution is 2.50. The van der Waals surface area contributed by atoms with E-state index in [-0.39, 0.29) is 17.4 Å². The fourth-order valence-electron chi connectivity index (χ4n) is 6.50. The molecule has 0 bridgehead atoms. The molecule has 0 unspecified atom stereocenters. The molecule has 1 saturated heterocycles. The molecule has 1 aromatic heterocycles. The number of hydrogen-bond acceptors (Lipinski definition) is 3. The van der Waals surface area contributed by atoms with Gasteiger partial charge in [0.2, 0.25) is 5.91 Å². The number of likely N-dealkylation sites (tertiary alicyclic amines) is 1. The van der Waals surface area contributed by atoms with Gasteiger partial charge in [-0.15, -0.1) is 0 Å². The van der Waals surface area contributed by atoms with Crippen molar-refractivity contribution in [3.8, 4) is 0 Å². The molecule has 3 N–H and O–H groups in total. The van der Waals surface area contributed by atoms with Gasteiger partial charge in [-0.3, -0.25) is 14.3 Å². The van der Waals surface area contributed by atoms with E-state index in [4.69, 9.17) is 5.73 Å². The van der Waals surface area contributed by atoms with E-state index in [0.717, 1.165) is 60.7 Å². The predicted molar refractivity (Wildman–Crippen MR) is 138 cm³/mol. The number of nitrogens with zero attached hydrogens (tertiary/aromatic N) is 2. The summed E-state index contributed by atoms with van der Waals surface area (Å²) in [4.78, 5) is 26.5. The van der Waals surface area contributed by atoms with Gasteiger partial charge in [-0.25, -0.2) is 4.79 Å². The molecule has 1 spiro atoms. The summed E-state index contributed by atoms with van der Waals surface area (Å²) in [6, 6.07) is 22.6. The minimum Gasteiger partial charge on any atom is -0.351 e. The van der Waals surface area contributed by atoms with Crippen LogP contribution in [0.2, 0.25) is 0 Å². The molecule has 2 heterocycles. The maximum absolute atomic E-state index is 12.1. The summed E-state index contributed by atoms with van der Waals surface area (Å²) in [7, 11) is 0. The number of para-hydroxylation sites is 1. The molecule has 35 heavy (non-hydrogen) atoms. The lowest BCUT2D eigenvalue weighted by Gasteiger charge is -2.40. The molecule has 1 aliphatic carbocycles. The lowest BCUT2D eigenvalue weighted by Crippen LogP contribution is -2.41. The van der Waals surface area contributed by atoms with Crippen LogP contribution in [0.4, 0.5) is 4.79 Å². The third kappa shape index (κ3) is 3.60. The first-order valence-corrected chi connectivity index (χ1v) is 12.4. The molecule has 178 valence electrons. The third-order valence-corrected chi connectivity index (χ3v) is 8.06. The van der Waals surface area contributed by atoms with Crippen molar-refractivity contribution in [3.05, 3.63) is 83.4 Å². The van der Waals surface area contributed by atoms with Crippen LogP contribution in [0.15, 0.2) is 66.7 Å². The van der Waals surface area contributed by atoms with E-state index < -0.39 is 6.03 Å². The highest BCUT2D eigenvalue weighted by Gasteiger charge is 2.45. The zero-order valence-electron chi connectivity index (χ0n) is 20.0. The van der Waals surface area contributed by atoms with E-state index in [9.17, 15) is 9.59 Å². The molecular weight excluding hydrogens is 436 g/mol. The average molecular weight is 467 g/mol. The smallest absolute Gasteiger partial charge is 0.323 e. The van der Waals surface area contributed by atoms with Crippen molar-refractivity contribution in [2.24, 2.45) is 5.73 Å². The summed E-state index contributed by atoms with van der Waals surface area (Å²) in [5, 5.41) is 5.29. The van der Waals surface area contributed by atoms with Crippen LogP contribution >= 0.6 is 0 Å². The monoisotopic (exact) mass is 466 g/mol. The lowest BCUT2D eigenvalue weighted by atomic mass is 9.73. The van der Waals surface area contributed by atoms with Crippen molar-refractivity contribution < 1.29 is 9.59 Å². The Morgan fingerprint density at radius 2 is 1.69 bits per heavy atom. The quantitative estimate of drug-likeness (QED) is 0.454. The van der Waals surface area contributed by atoms with Crippen molar-refractivity contribution in [3.63, 3.8) is 0 Å². The van der Waals surface area contributed by atoms with Crippen molar-refractivity contribution in [2.45, 2.75) is 44.2 Å². The average Bonchev–Trinajstić information content (AvgIpc) is 3.33. The van der Waals surface area contributed by atoms with Crippen molar-refractivity contribution in [1.82, 2.24) is 14.8 Å². The van der Waals surface area contributed by atoms with Gasteiger partial charge in [-0.2, -0.15) is 0 Å². The van der Waals surface area contributed by atoms with Crippen LogP contribution in [0.25, 0.3) is 21.8 Å². The Bertz CT molecular complexity index is 1460. The van der Waals surface area contributed by atoms with Crippen molar-refractivity contribution >= 4 is 33.7 Å². The van der Waals surface area contributed by atoms with E-state index in [1.54, 1.807) is 11.5 Å². The Morgan fingerprint density at radius 3 is 2.46 bits per heavy atom. The number of nitrogens with two attached hydrogens (primary N) is 1. The summed E-state index contributed by atoms with van der Waals surface area (Å²) >= 11 is 0. The molecule has 6 nitrogen and oxygen atoms in total. The second-order valence-electron chi connectivity index (χ2n) is 10.1. The maximum Gasteiger partial charge on any atom is 0.323 e. The maximum atomic E-state index is 12.1. The van der Waals surface area contributed by atoms with Crippen LogP contribution in [0, 0.1) is 0 Å². The summed E-state index contributed by atoms with van der Waals surface area (Å²) in [6.45, 7) is 4.51. The van der Waals surface area contributed by atoms with Gasteiger partial charge in [0.25, 0.3) is 0 Å². The Labute approximate surface area is 204 Å². The lowest BCUT2D eigenvalue weighted by molar-refractivity contribution is -0.119. The Balaban J connectivity index is 1.23. The topological polar surface area (TPSA) is 80.4 Å². The fourth-order valence-corrected chi connectivity index (χ4v) is 6.50. The first-order valence-electron chi connectivity index (χ1n) is 12.4. The van der Waals surface area contributed by atoms with Gasteiger partial charge in [-0.05, 0) is 67.2 Å². The van der Waals surface area contributed by atoms with Gasteiger partial charge in [0.15, 0.2) is 0 Å². The predicted octanol–water partition coefficient (Wildman–Crippen LogP) is 4.84. The number of fused-ring (bicyclic) bond motifs is 5. The Hall–Kier alpha value is -3.64. The number of aromatic nitrogens is 1. The molecule has 0 saturated carbocycles. The minimum absolute atomic E-state index is 0.0346. The SMILES string of the molecule is CC(=O)N[C@@H]1CC2(CCN(Cc3ccc4c(c3)c3ccccc3n4C(N)=O)CC2)c2ccccc21. The fraction of sp³-hybridized carbons (Fsp3) is 0.310. The zero-order valence-corrected chi connectivity index (χ0v) is 20.0. The highest BCUT2D eigenvalue weighted by molar-refractivity contribution is 6.13. The minimum atomic E-state index is -0.459. The van der Waals surface area contributed by atoms with Gasteiger partial charge in [0, 0.05) is 29.7 Å². The second-order valence-corrected chi connectivity index (χ2v) is 10.1. The largest absolute Gasteiger partial charge is 0.351 e. The number of hydrogen-bond donors (Lipinski definition) is 2. The van der Waals surface area contributed by atoms with E-state index >= 15 is 0 Å². The van der Waals surface area contributed by atoms with E-state index in [1.807, 2.05) is 24.3 Å². The number of nitrogens with one attached hydrogen (secondary N) is 1. The highest BCUT2D eigenvalue weighted by atomic mass is 16.2. The third-order valence-electron chi connectivity index (χ3n) is 8.06. The molecule has 6 rings (SSSR count). The van der Waals surface area contributed by atoms with Gasteiger partial charge in [0.05, 0.1) is 17.1 Å². The number of benzene rings is 3. The second kappa shape index (κ2) is 8.24. The molecule has 3 aromatic carbocycles. The van der Waals surface area contributed by atoms with Crippen molar-refractivity contribution in [2.75, 3.05) is 13.1 Å². The molecule has 6 heteroatoms. The van der Waals surface area contributed by atoms with Crippen LogP contribution in [0.3, 0.4) is 0 Å². The van der Waals surface area contributed by atoms with Crippen LogP contribution in [0.1, 0.15) is 48.9 Å². The Morgan fingerprint density at radius 1 is 0.971 bits per heavy atom. The molecule has 2 aliphatic rings. The molecule has 4 aromatic rings. The summed E-state index contributed by atoms with van der Waals surface area (Å²) in [5.74, 6) is 0.0346. The molecule has 2 amide bonds. The van der Waals surface area contributed by atoms with Gasteiger partial charge in [-0.1, -0.05) is 48.5 Å². The molecule has 1 atom stereocenters. The van der Waals surface area contributed by atoms with Crippen molar-refractivity contribution in [1.29, 1.82) is 0 Å². The van der Waals surface area contributed by atoms with Gasteiger partial charge in [0.1, 0.15) is 0 Å². The van der Waals surface area contributed by atoms with Crippen LogP contribution in [-0.4, -0.2) is 34.5 Å². The summed E-state index contributed by atoms with van der Waals surface area (Å²) in [6.07, 6.45) is 3.16. The number of rotatable bonds is 3. The van der Waals surface area contributed by atoms with Crippen LogP contribution in [-0.2, 0) is 16.8 Å². The van der Waals surface area contributed by atoms with E-state index in [1.165, 1.54) is 16.7 Å². The summed E-state index contributed by atoms with van der Waals surface area (Å²) < 4.78 is 1.60. The standard InChI is InChI=1S/C29H30N4O2/c1-19(34)31-25-17-29(24-8-4-2-7-22(24)25)12-14-32(15-13-29)18-20-10-11-27-23(16-20)21-6-3-5-9-26(21)33(27)28(30)35/h2-11,16,25H,12-15,17-18H2,1H3,(H2,30,35)(H,31,34)/t25-/m1/s1. The number of amides is 2. The summed E-state index contributed by atoms with van der Waals surface area (Å²) in [5.41, 5.74) is 11.5.